The highest BCUT2D eigenvalue weighted by molar-refractivity contribution is 5.34. The smallest absolute Gasteiger partial charge is 0.252 e. The molecule has 0 radical (unpaired) electrons. The molecule has 21 heavy (non-hydrogen) atoms. The van der Waals surface area contributed by atoms with Crippen molar-refractivity contribution in [2.75, 3.05) is 11.9 Å². The van der Waals surface area contributed by atoms with E-state index in [4.69, 9.17) is 0 Å². The van der Waals surface area contributed by atoms with Crippen LogP contribution in [0, 0.1) is 11.6 Å². The third-order valence-electron chi connectivity index (χ3n) is 3.37. The average molecular weight is 291 g/mol. The van der Waals surface area contributed by atoms with Crippen molar-refractivity contribution in [1.82, 2.24) is 9.97 Å². The number of hydrogen-bond donors (Lipinski definition) is 2. The Balaban J connectivity index is 1.63. The fraction of sp³-hybridized carbons (Fsp3) is 0.333. The molecule has 1 aliphatic carbocycles. The quantitative estimate of drug-likeness (QED) is 0.890. The molecular weight excluding hydrogens is 276 g/mol. The Morgan fingerprint density at radius 2 is 1.90 bits per heavy atom. The minimum absolute atomic E-state index is 0.189. The van der Waals surface area contributed by atoms with Gasteiger partial charge in [-0.1, -0.05) is 0 Å². The monoisotopic (exact) mass is 291 g/mol. The summed E-state index contributed by atoms with van der Waals surface area (Å²) < 4.78 is 26.1. The molecule has 4 nitrogen and oxygen atoms in total. The first-order valence-corrected chi connectivity index (χ1v) is 6.90. The van der Waals surface area contributed by atoms with Crippen LogP contribution in [0.1, 0.15) is 30.1 Å². The van der Waals surface area contributed by atoms with Gasteiger partial charge in [0.1, 0.15) is 23.3 Å². The predicted octanol–water partition coefficient (Wildman–Crippen LogP) is 2.58. The fourth-order valence-electron chi connectivity index (χ4n) is 2.21. The Morgan fingerprint density at radius 3 is 2.57 bits per heavy atom. The van der Waals surface area contributed by atoms with Crippen LogP contribution >= 0.6 is 0 Å². The number of benzene rings is 1. The molecule has 0 amide bonds. The molecule has 0 saturated heterocycles. The van der Waals surface area contributed by atoms with E-state index in [9.17, 15) is 13.6 Å². The number of hydrogen-bond acceptors (Lipinski definition) is 3. The molecular formula is C15H15F2N3O. The molecule has 3 rings (SSSR count). The van der Waals surface area contributed by atoms with Crippen LogP contribution < -0.4 is 10.9 Å². The molecule has 0 aliphatic heterocycles. The van der Waals surface area contributed by atoms with E-state index < -0.39 is 11.6 Å². The summed E-state index contributed by atoms with van der Waals surface area (Å²) in [6.07, 6.45) is 2.55. The number of aromatic nitrogens is 2. The second kappa shape index (κ2) is 5.63. The first-order chi connectivity index (χ1) is 10.1. The summed E-state index contributed by atoms with van der Waals surface area (Å²) in [6, 6.07) is 4.83. The molecule has 110 valence electrons. The highest BCUT2D eigenvalue weighted by Gasteiger charge is 2.26. The maximum atomic E-state index is 13.1. The third-order valence-corrected chi connectivity index (χ3v) is 3.37. The van der Waals surface area contributed by atoms with Crippen molar-refractivity contribution in [3.63, 3.8) is 0 Å². The van der Waals surface area contributed by atoms with E-state index in [1.165, 1.54) is 18.2 Å². The van der Waals surface area contributed by atoms with Crippen molar-refractivity contribution in [2.45, 2.75) is 25.2 Å². The Kier molecular flexibility index (Phi) is 3.68. The fourth-order valence-corrected chi connectivity index (χ4v) is 2.21. The lowest BCUT2D eigenvalue weighted by atomic mass is 10.1. The number of halogens is 2. The molecule has 6 heteroatoms. The molecule has 2 aromatic rings. The third kappa shape index (κ3) is 3.65. The second-order valence-electron chi connectivity index (χ2n) is 5.24. The van der Waals surface area contributed by atoms with Crippen LogP contribution in [0.5, 0.6) is 0 Å². The second-order valence-corrected chi connectivity index (χ2v) is 5.24. The van der Waals surface area contributed by atoms with Crippen LogP contribution in [0.2, 0.25) is 0 Å². The number of nitrogens with zero attached hydrogens (tertiary/aromatic N) is 1. The molecule has 1 aromatic heterocycles. The maximum Gasteiger partial charge on any atom is 0.252 e. The summed E-state index contributed by atoms with van der Waals surface area (Å²) in [5.74, 6) is 0.390. The Labute approximate surface area is 120 Å². The maximum absolute atomic E-state index is 13.1. The molecule has 1 saturated carbocycles. The standard InChI is InChI=1S/C15H15F2N3O/c16-11-5-9(6-12(17)7-11)3-4-18-13-8-14(21)20-15(19-13)10-1-2-10/h5-8,10H,1-4H2,(H2,18,19,20,21). The van der Waals surface area contributed by atoms with Crippen molar-refractivity contribution in [1.29, 1.82) is 0 Å². The predicted molar refractivity (Wildman–Crippen MR) is 75.4 cm³/mol. The van der Waals surface area contributed by atoms with Gasteiger partial charge in [-0.25, -0.2) is 13.8 Å². The van der Waals surface area contributed by atoms with Crippen LogP contribution in [0.4, 0.5) is 14.6 Å². The number of anilines is 1. The van der Waals surface area contributed by atoms with Crippen LogP contribution in [0.3, 0.4) is 0 Å². The molecule has 0 atom stereocenters. The zero-order chi connectivity index (χ0) is 14.8. The summed E-state index contributed by atoms with van der Waals surface area (Å²) in [6.45, 7) is 0.448. The minimum Gasteiger partial charge on any atom is -0.370 e. The van der Waals surface area contributed by atoms with E-state index in [0.717, 1.165) is 18.9 Å². The van der Waals surface area contributed by atoms with Crippen molar-refractivity contribution < 1.29 is 8.78 Å². The average Bonchev–Trinajstić information content (AvgIpc) is 3.21. The van der Waals surface area contributed by atoms with Gasteiger partial charge < -0.3 is 10.3 Å². The highest BCUT2D eigenvalue weighted by atomic mass is 19.1. The Bertz CT molecular complexity index is 690. The summed E-state index contributed by atoms with van der Waals surface area (Å²) in [5, 5.41) is 3.02. The minimum atomic E-state index is -0.588. The summed E-state index contributed by atoms with van der Waals surface area (Å²) in [4.78, 5) is 18.6. The van der Waals surface area contributed by atoms with E-state index in [-0.39, 0.29) is 5.56 Å². The molecule has 0 unspecified atom stereocenters. The zero-order valence-corrected chi connectivity index (χ0v) is 11.3. The van der Waals surface area contributed by atoms with Crippen molar-refractivity contribution in [2.24, 2.45) is 0 Å². The first kappa shape index (κ1) is 13.7. The van der Waals surface area contributed by atoms with Gasteiger partial charge in [0.05, 0.1) is 0 Å². The van der Waals surface area contributed by atoms with Gasteiger partial charge in [-0.3, -0.25) is 4.79 Å². The van der Waals surface area contributed by atoms with Gasteiger partial charge >= 0.3 is 0 Å². The molecule has 2 N–H and O–H groups in total. The topological polar surface area (TPSA) is 57.8 Å². The van der Waals surface area contributed by atoms with E-state index >= 15 is 0 Å². The van der Waals surface area contributed by atoms with Crippen molar-refractivity contribution in [3.8, 4) is 0 Å². The molecule has 1 fully saturated rings. The van der Waals surface area contributed by atoms with E-state index in [0.29, 0.717) is 36.1 Å². The lowest BCUT2D eigenvalue weighted by molar-refractivity contribution is 0.580. The first-order valence-electron chi connectivity index (χ1n) is 6.90. The van der Waals surface area contributed by atoms with Crippen molar-refractivity contribution >= 4 is 5.82 Å². The summed E-state index contributed by atoms with van der Waals surface area (Å²) in [7, 11) is 0. The lowest BCUT2D eigenvalue weighted by Gasteiger charge is -2.07. The SMILES string of the molecule is O=c1cc(NCCc2cc(F)cc(F)c2)nc(C2CC2)[nH]1. The number of nitrogens with one attached hydrogen (secondary N) is 2. The lowest BCUT2D eigenvalue weighted by Crippen LogP contribution is -2.14. The van der Waals surface area contributed by atoms with Crippen molar-refractivity contribution in [3.05, 3.63) is 57.6 Å². The molecule has 0 spiro atoms. The van der Waals surface area contributed by atoms with Gasteiger partial charge in [0.25, 0.3) is 5.56 Å². The van der Waals surface area contributed by atoms with E-state index in [2.05, 4.69) is 15.3 Å². The van der Waals surface area contributed by atoms with Gasteiger partial charge in [0, 0.05) is 24.6 Å². The van der Waals surface area contributed by atoms with Crippen LogP contribution in [0.15, 0.2) is 29.1 Å². The Hall–Kier alpha value is -2.24. The van der Waals surface area contributed by atoms with Crippen LogP contribution in [-0.4, -0.2) is 16.5 Å². The van der Waals surface area contributed by atoms with Gasteiger partial charge in [0.15, 0.2) is 0 Å². The Morgan fingerprint density at radius 1 is 1.19 bits per heavy atom. The summed E-state index contributed by atoms with van der Waals surface area (Å²) in [5.41, 5.74) is 0.374. The largest absolute Gasteiger partial charge is 0.370 e. The van der Waals surface area contributed by atoms with Gasteiger partial charge in [0.2, 0.25) is 0 Å². The van der Waals surface area contributed by atoms with Gasteiger partial charge in [-0.05, 0) is 37.0 Å². The highest BCUT2D eigenvalue weighted by Crippen LogP contribution is 2.37. The molecule has 1 heterocycles. The number of aromatic amines is 1. The number of rotatable bonds is 5. The molecule has 1 aromatic carbocycles. The van der Waals surface area contributed by atoms with Crippen LogP contribution in [0.25, 0.3) is 0 Å². The van der Waals surface area contributed by atoms with Gasteiger partial charge in [-0.15, -0.1) is 0 Å². The number of H-pyrrole nitrogens is 1. The van der Waals surface area contributed by atoms with Crippen LogP contribution in [-0.2, 0) is 6.42 Å². The zero-order valence-electron chi connectivity index (χ0n) is 11.3. The van der Waals surface area contributed by atoms with E-state index in [1.807, 2.05) is 0 Å². The molecule has 0 bridgehead atoms. The van der Waals surface area contributed by atoms with E-state index in [1.54, 1.807) is 0 Å². The summed E-state index contributed by atoms with van der Waals surface area (Å²) >= 11 is 0. The molecule has 1 aliphatic rings. The normalized spacial score (nSPS) is 14.2. The van der Waals surface area contributed by atoms with Gasteiger partial charge in [-0.2, -0.15) is 0 Å².